The number of nitrogen functional groups attached to an aromatic ring is 1. The molecule has 0 fully saturated rings. The zero-order valence-corrected chi connectivity index (χ0v) is 13.3. The van der Waals surface area contributed by atoms with Gasteiger partial charge in [0.25, 0.3) is 5.91 Å². The summed E-state index contributed by atoms with van der Waals surface area (Å²) in [7, 11) is 0. The van der Waals surface area contributed by atoms with Crippen LogP contribution in [0.25, 0.3) is 0 Å². The molecule has 0 aliphatic heterocycles. The highest BCUT2D eigenvalue weighted by Gasteiger charge is 2.21. The van der Waals surface area contributed by atoms with E-state index in [0.717, 1.165) is 24.9 Å². The van der Waals surface area contributed by atoms with Crippen LogP contribution in [0.4, 0.5) is 5.69 Å². The highest BCUT2D eigenvalue weighted by atomic mass is 16.5. The van der Waals surface area contributed by atoms with Crippen molar-refractivity contribution in [1.29, 1.82) is 0 Å². The zero-order chi connectivity index (χ0) is 16.2. The average Bonchev–Trinajstić information content (AvgIpc) is 2.54. The molecule has 0 radical (unpaired) electrons. The first-order chi connectivity index (χ1) is 11.1. The Hall–Kier alpha value is -2.49. The number of benzene rings is 2. The summed E-state index contributed by atoms with van der Waals surface area (Å²) in [5, 5.41) is 3.07. The van der Waals surface area contributed by atoms with E-state index in [2.05, 4.69) is 5.32 Å². The maximum atomic E-state index is 12.2. The molecule has 0 spiro atoms. The summed E-state index contributed by atoms with van der Waals surface area (Å²) in [6.45, 7) is 2.05. The van der Waals surface area contributed by atoms with Crippen LogP contribution in [0, 0.1) is 6.92 Å². The molecule has 0 bridgehead atoms. The molecule has 1 unspecified atom stereocenters. The van der Waals surface area contributed by atoms with Crippen LogP contribution in [0.1, 0.15) is 35.6 Å². The highest BCUT2D eigenvalue weighted by Crippen LogP contribution is 2.30. The molecular weight excluding hydrogens is 288 g/mol. The quantitative estimate of drug-likeness (QED) is 0.853. The SMILES string of the molecule is Cc1ccc(OCC(=O)NC2CCCc3cc(N)ccc32)cc1. The number of fused-ring (bicyclic) bond motifs is 1. The number of nitrogens with one attached hydrogen (secondary N) is 1. The molecule has 1 aliphatic carbocycles. The molecule has 2 aromatic carbocycles. The predicted octanol–water partition coefficient (Wildman–Crippen LogP) is 3.15. The number of hydrogen-bond acceptors (Lipinski definition) is 3. The number of ether oxygens (including phenoxy) is 1. The molecule has 3 N–H and O–H groups in total. The van der Waals surface area contributed by atoms with E-state index < -0.39 is 0 Å². The Morgan fingerprint density at radius 3 is 2.83 bits per heavy atom. The first-order valence-corrected chi connectivity index (χ1v) is 7.99. The minimum absolute atomic E-state index is 0.0316. The molecule has 1 atom stereocenters. The Bertz CT molecular complexity index is 695. The van der Waals surface area contributed by atoms with Crippen molar-refractivity contribution in [2.75, 3.05) is 12.3 Å². The second-order valence-corrected chi connectivity index (χ2v) is 6.07. The van der Waals surface area contributed by atoms with E-state index in [1.807, 2.05) is 49.4 Å². The molecule has 1 aliphatic rings. The van der Waals surface area contributed by atoms with Gasteiger partial charge >= 0.3 is 0 Å². The normalized spacial score (nSPS) is 16.5. The van der Waals surface area contributed by atoms with E-state index >= 15 is 0 Å². The van der Waals surface area contributed by atoms with E-state index in [-0.39, 0.29) is 18.6 Å². The maximum absolute atomic E-state index is 12.2. The fourth-order valence-corrected chi connectivity index (χ4v) is 3.00. The van der Waals surface area contributed by atoms with Crippen LogP contribution in [0.5, 0.6) is 5.75 Å². The van der Waals surface area contributed by atoms with Gasteiger partial charge in [-0.3, -0.25) is 4.79 Å². The van der Waals surface area contributed by atoms with Crippen molar-refractivity contribution in [2.45, 2.75) is 32.2 Å². The van der Waals surface area contributed by atoms with E-state index in [1.54, 1.807) is 0 Å². The summed E-state index contributed by atoms with van der Waals surface area (Å²) in [5.74, 6) is 0.614. The molecule has 120 valence electrons. The van der Waals surface area contributed by atoms with Gasteiger partial charge in [0.1, 0.15) is 5.75 Å². The fourth-order valence-electron chi connectivity index (χ4n) is 3.00. The molecule has 0 heterocycles. The first kappa shape index (κ1) is 15.4. The van der Waals surface area contributed by atoms with Gasteiger partial charge < -0.3 is 15.8 Å². The van der Waals surface area contributed by atoms with Crippen molar-refractivity contribution in [2.24, 2.45) is 0 Å². The van der Waals surface area contributed by atoms with Crippen molar-refractivity contribution >= 4 is 11.6 Å². The van der Waals surface area contributed by atoms with Crippen LogP contribution < -0.4 is 15.8 Å². The summed E-state index contributed by atoms with van der Waals surface area (Å²) in [6.07, 6.45) is 3.03. The van der Waals surface area contributed by atoms with E-state index in [9.17, 15) is 4.79 Å². The third-order valence-corrected chi connectivity index (χ3v) is 4.21. The van der Waals surface area contributed by atoms with Crippen molar-refractivity contribution in [3.8, 4) is 5.75 Å². The van der Waals surface area contributed by atoms with Gasteiger partial charge in [-0.15, -0.1) is 0 Å². The molecule has 0 saturated heterocycles. The van der Waals surface area contributed by atoms with E-state index in [1.165, 1.54) is 16.7 Å². The van der Waals surface area contributed by atoms with E-state index in [4.69, 9.17) is 10.5 Å². The van der Waals surface area contributed by atoms with Gasteiger partial charge in [-0.05, 0) is 61.6 Å². The number of carbonyl (C=O) groups is 1. The van der Waals surface area contributed by atoms with Gasteiger partial charge in [-0.2, -0.15) is 0 Å². The molecular formula is C19H22N2O2. The lowest BCUT2D eigenvalue weighted by Gasteiger charge is -2.26. The summed E-state index contributed by atoms with van der Waals surface area (Å²) < 4.78 is 5.54. The average molecular weight is 310 g/mol. The lowest BCUT2D eigenvalue weighted by atomic mass is 9.87. The van der Waals surface area contributed by atoms with Gasteiger partial charge in [0.2, 0.25) is 0 Å². The number of amides is 1. The first-order valence-electron chi connectivity index (χ1n) is 7.99. The smallest absolute Gasteiger partial charge is 0.258 e. The standard InChI is InChI=1S/C19H22N2O2/c1-13-5-8-16(9-6-13)23-12-19(22)21-18-4-2-3-14-11-15(20)7-10-17(14)18/h5-11,18H,2-4,12,20H2,1H3,(H,21,22). The number of anilines is 1. The van der Waals surface area contributed by atoms with Gasteiger partial charge in [0, 0.05) is 5.69 Å². The zero-order valence-electron chi connectivity index (χ0n) is 13.3. The Morgan fingerprint density at radius 2 is 2.04 bits per heavy atom. The number of hydrogen-bond donors (Lipinski definition) is 2. The Kier molecular flexibility index (Phi) is 4.51. The molecule has 0 saturated carbocycles. The summed E-state index contributed by atoms with van der Waals surface area (Å²) in [6, 6.07) is 13.7. The Balaban J connectivity index is 1.59. The van der Waals surface area contributed by atoms with Crippen molar-refractivity contribution < 1.29 is 9.53 Å². The Labute approximate surface area is 136 Å². The van der Waals surface area contributed by atoms with Crippen LogP contribution in [0.3, 0.4) is 0 Å². The molecule has 2 aromatic rings. The molecule has 23 heavy (non-hydrogen) atoms. The molecule has 0 aromatic heterocycles. The summed E-state index contributed by atoms with van der Waals surface area (Å²) in [4.78, 5) is 12.2. The van der Waals surface area contributed by atoms with Gasteiger partial charge in [0.15, 0.2) is 6.61 Å². The van der Waals surface area contributed by atoms with Crippen molar-refractivity contribution in [1.82, 2.24) is 5.32 Å². The summed E-state index contributed by atoms with van der Waals surface area (Å²) in [5.41, 5.74) is 10.2. The molecule has 4 heteroatoms. The second kappa shape index (κ2) is 6.73. The van der Waals surface area contributed by atoms with Crippen LogP contribution in [-0.4, -0.2) is 12.5 Å². The predicted molar refractivity (Wildman–Crippen MR) is 91.4 cm³/mol. The minimum atomic E-state index is -0.0970. The monoisotopic (exact) mass is 310 g/mol. The number of nitrogens with two attached hydrogens (primary N) is 1. The van der Waals surface area contributed by atoms with Crippen LogP contribution in [0.15, 0.2) is 42.5 Å². The molecule has 3 rings (SSSR count). The van der Waals surface area contributed by atoms with E-state index in [0.29, 0.717) is 5.75 Å². The lowest BCUT2D eigenvalue weighted by Crippen LogP contribution is -2.34. The van der Waals surface area contributed by atoms with Crippen molar-refractivity contribution in [3.05, 3.63) is 59.2 Å². The fraction of sp³-hybridized carbons (Fsp3) is 0.316. The number of aryl methyl sites for hydroxylation is 2. The lowest BCUT2D eigenvalue weighted by molar-refractivity contribution is -0.123. The third-order valence-electron chi connectivity index (χ3n) is 4.21. The molecule has 1 amide bonds. The topological polar surface area (TPSA) is 64.3 Å². The summed E-state index contributed by atoms with van der Waals surface area (Å²) >= 11 is 0. The van der Waals surface area contributed by atoms with Crippen LogP contribution in [-0.2, 0) is 11.2 Å². The van der Waals surface area contributed by atoms with Crippen LogP contribution >= 0.6 is 0 Å². The van der Waals surface area contributed by atoms with Gasteiger partial charge in [0.05, 0.1) is 6.04 Å². The maximum Gasteiger partial charge on any atom is 0.258 e. The Morgan fingerprint density at radius 1 is 1.26 bits per heavy atom. The third kappa shape index (κ3) is 3.83. The van der Waals surface area contributed by atoms with Crippen LogP contribution in [0.2, 0.25) is 0 Å². The number of carbonyl (C=O) groups excluding carboxylic acids is 1. The largest absolute Gasteiger partial charge is 0.484 e. The van der Waals surface area contributed by atoms with Crippen molar-refractivity contribution in [3.63, 3.8) is 0 Å². The van der Waals surface area contributed by atoms with Gasteiger partial charge in [-0.25, -0.2) is 0 Å². The molecule has 4 nitrogen and oxygen atoms in total. The van der Waals surface area contributed by atoms with Gasteiger partial charge in [-0.1, -0.05) is 23.8 Å². The second-order valence-electron chi connectivity index (χ2n) is 6.07. The minimum Gasteiger partial charge on any atom is -0.484 e. The highest BCUT2D eigenvalue weighted by molar-refractivity contribution is 5.78. The number of rotatable bonds is 4.